The first-order valence-electron chi connectivity index (χ1n) is 5.50. The summed E-state index contributed by atoms with van der Waals surface area (Å²) in [5, 5.41) is 12.4. The Balaban J connectivity index is 2.10. The van der Waals surface area contributed by atoms with Crippen LogP contribution in [0.15, 0.2) is 0 Å². The first-order valence-corrected chi connectivity index (χ1v) is 5.50. The van der Waals surface area contributed by atoms with Crippen molar-refractivity contribution in [3.63, 3.8) is 0 Å². The Labute approximate surface area is 86.8 Å². The van der Waals surface area contributed by atoms with E-state index < -0.39 is 0 Å². The van der Waals surface area contributed by atoms with Crippen molar-refractivity contribution >= 4 is 0 Å². The Bertz CT molecular complexity index is 171. The van der Waals surface area contributed by atoms with Gasteiger partial charge in [-0.05, 0) is 19.8 Å². The maximum atomic E-state index is 9.06. The van der Waals surface area contributed by atoms with E-state index in [1.165, 1.54) is 6.42 Å². The molecule has 0 bridgehead atoms. The van der Waals surface area contributed by atoms with Crippen LogP contribution < -0.4 is 5.32 Å². The second-order valence-corrected chi connectivity index (χ2v) is 5.10. The molecule has 0 aromatic carbocycles. The zero-order chi connectivity index (χ0) is 10.6. The monoisotopic (exact) mass is 201 g/mol. The molecule has 1 rings (SSSR count). The van der Waals surface area contributed by atoms with E-state index in [4.69, 9.17) is 9.84 Å². The molecule has 1 fully saturated rings. The van der Waals surface area contributed by atoms with Crippen LogP contribution in [0.1, 0.15) is 33.6 Å². The van der Waals surface area contributed by atoms with Gasteiger partial charge in [0.25, 0.3) is 0 Å². The van der Waals surface area contributed by atoms with Crippen molar-refractivity contribution in [2.45, 2.75) is 45.8 Å². The second kappa shape index (κ2) is 5.10. The molecule has 2 unspecified atom stereocenters. The van der Waals surface area contributed by atoms with Gasteiger partial charge in [-0.2, -0.15) is 0 Å². The summed E-state index contributed by atoms with van der Waals surface area (Å²) in [5.41, 5.74) is -0.0236. The minimum Gasteiger partial charge on any atom is -0.396 e. The van der Waals surface area contributed by atoms with Gasteiger partial charge in [0.15, 0.2) is 0 Å². The molecule has 1 aliphatic rings. The normalized spacial score (nSPS) is 28.3. The summed E-state index contributed by atoms with van der Waals surface area (Å²) in [7, 11) is 0. The van der Waals surface area contributed by atoms with E-state index in [1.807, 2.05) is 0 Å². The molecule has 0 aromatic rings. The zero-order valence-electron chi connectivity index (χ0n) is 9.55. The molecule has 1 heterocycles. The highest BCUT2D eigenvalue weighted by atomic mass is 16.5. The third kappa shape index (κ3) is 3.95. The van der Waals surface area contributed by atoms with Crippen molar-refractivity contribution in [2.75, 3.05) is 19.7 Å². The van der Waals surface area contributed by atoms with E-state index in [0.717, 1.165) is 19.5 Å². The number of rotatable bonds is 5. The van der Waals surface area contributed by atoms with Crippen LogP contribution in [0.25, 0.3) is 0 Å². The topological polar surface area (TPSA) is 41.5 Å². The summed E-state index contributed by atoms with van der Waals surface area (Å²) in [6, 6.07) is 0. The Morgan fingerprint density at radius 1 is 1.43 bits per heavy atom. The lowest BCUT2D eigenvalue weighted by atomic mass is 9.95. The lowest BCUT2D eigenvalue weighted by molar-refractivity contribution is 0.0530. The van der Waals surface area contributed by atoms with Crippen molar-refractivity contribution in [3.05, 3.63) is 0 Å². The van der Waals surface area contributed by atoms with Gasteiger partial charge in [0.2, 0.25) is 0 Å². The van der Waals surface area contributed by atoms with Crippen molar-refractivity contribution in [1.29, 1.82) is 0 Å². The van der Waals surface area contributed by atoms with Crippen molar-refractivity contribution in [2.24, 2.45) is 5.41 Å². The number of ether oxygens (including phenoxy) is 1. The van der Waals surface area contributed by atoms with Gasteiger partial charge in [-0.1, -0.05) is 13.8 Å². The third-order valence-corrected chi connectivity index (χ3v) is 2.72. The van der Waals surface area contributed by atoms with E-state index in [1.54, 1.807) is 0 Å². The predicted molar refractivity (Wildman–Crippen MR) is 57.3 cm³/mol. The van der Waals surface area contributed by atoms with E-state index in [-0.39, 0.29) is 12.0 Å². The van der Waals surface area contributed by atoms with Crippen LogP contribution in [0.5, 0.6) is 0 Å². The Hall–Kier alpha value is -0.120. The molecule has 0 spiro atoms. The molecule has 3 nitrogen and oxygen atoms in total. The van der Waals surface area contributed by atoms with E-state index in [0.29, 0.717) is 12.2 Å². The second-order valence-electron chi connectivity index (χ2n) is 5.10. The highest BCUT2D eigenvalue weighted by Crippen LogP contribution is 2.18. The Morgan fingerprint density at radius 3 is 2.64 bits per heavy atom. The minimum absolute atomic E-state index is 0.0236. The summed E-state index contributed by atoms with van der Waals surface area (Å²) in [6.07, 6.45) is 3.14. The van der Waals surface area contributed by atoms with E-state index in [9.17, 15) is 0 Å². The van der Waals surface area contributed by atoms with E-state index in [2.05, 4.69) is 26.1 Å². The Morgan fingerprint density at radius 2 is 2.14 bits per heavy atom. The molecule has 0 saturated carbocycles. The van der Waals surface area contributed by atoms with Gasteiger partial charge in [0, 0.05) is 25.1 Å². The van der Waals surface area contributed by atoms with Crippen LogP contribution in [-0.4, -0.2) is 37.0 Å². The van der Waals surface area contributed by atoms with Gasteiger partial charge in [-0.3, -0.25) is 0 Å². The number of hydrogen-bond donors (Lipinski definition) is 2. The average molecular weight is 201 g/mol. The van der Waals surface area contributed by atoms with Gasteiger partial charge >= 0.3 is 0 Å². The lowest BCUT2D eigenvalue weighted by Crippen LogP contribution is -2.36. The summed E-state index contributed by atoms with van der Waals surface area (Å²) in [6.45, 7) is 8.21. The Kier molecular flexibility index (Phi) is 4.35. The molecular formula is C11H23NO2. The van der Waals surface area contributed by atoms with Crippen LogP contribution >= 0.6 is 0 Å². The van der Waals surface area contributed by atoms with Crippen LogP contribution in [0.3, 0.4) is 0 Å². The highest BCUT2D eigenvalue weighted by molar-refractivity contribution is 4.75. The largest absolute Gasteiger partial charge is 0.396 e. The molecule has 2 N–H and O–H groups in total. The molecule has 0 aromatic heterocycles. The van der Waals surface area contributed by atoms with Crippen LogP contribution in [0, 0.1) is 5.41 Å². The molecule has 2 atom stereocenters. The first-order chi connectivity index (χ1) is 6.53. The molecule has 0 amide bonds. The zero-order valence-corrected chi connectivity index (χ0v) is 9.55. The van der Waals surface area contributed by atoms with Gasteiger partial charge in [0.05, 0.1) is 12.2 Å². The van der Waals surface area contributed by atoms with Crippen molar-refractivity contribution < 1.29 is 9.84 Å². The fourth-order valence-corrected chi connectivity index (χ4v) is 1.66. The van der Waals surface area contributed by atoms with Gasteiger partial charge < -0.3 is 15.2 Å². The fraction of sp³-hybridized carbons (Fsp3) is 1.00. The summed E-state index contributed by atoms with van der Waals surface area (Å²) >= 11 is 0. The fourth-order valence-electron chi connectivity index (χ4n) is 1.66. The van der Waals surface area contributed by atoms with Crippen LogP contribution in [0.4, 0.5) is 0 Å². The van der Waals surface area contributed by atoms with Crippen molar-refractivity contribution in [3.8, 4) is 0 Å². The molecule has 14 heavy (non-hydrogen) atoms. The number of aliphatic hydroxyl groups is 1. The molecule has 84 valence electrons. The minimum atomic E-state index is -0.0236. The summed E-state index contributed by atoms with van der Waals surface area (Å²) in [5.74, 6) is 0. The maximum absolute atomic E-state index is 9.06. The molecular weight excluding hydrogens is 178 g/mol. The van der Waals surface area contributed by atoms with Crippen LogP contribution in [0.2, 0.25) is 0 Å². The summed E-state index contributed by atoms with van der Waals surface area (Å²) in [4.78, 5) is 0. The highest BCUT2D eigenvalue weighted by Gasteiger charge is 2.22. The number of nitrogens with one attached hydrogen (secondary N) is 1. The third-order valence-electron chi connectivity index (χ3n) is 2.72. The number of hydrogen-bond acceptors (Lipinski definition) is 3. The molecule has 0 radical (unpaired) electrons. The first kappa shape index (κ1) is 12.0. The molecule has 0 aliphatic carbocycles. The number of aliphatic hydroxyl groups excluding tert-OH is 1. The quantitative estimate of drug-likeness (QED) is 0.701. The van der Waals surface area contributed by atoms with E-state index >= 15 is 0 Å². The lowest BCUT2D eigenvalue weighted by Gasteiger charge is -2.23. The molecule has 1 saturated heterocycles. The average Bonchev–Trinajstić information content (AvgIpc) is 2.51. The SMILES string of the molecule is CC1CCC(CNCC(C)(C)CO)O1. The van der Waals surface area contributed by atoms with Gasteiger partial charge in [0.1, 0.15) is 0 Å². The van der Waals surface area contributed by atoms with Crippen molar-refractivity contribution in [1.82, 2.24) is 5.32 Å². The smallest absolute Gasteiger partial charge is 0.0704 e. The molecule has 1 aliphatic heterocycles. The van der Waals surface area contributed by atoms with Gasteiger partial charge in [-0.25, -0.2) is 0 Å². The molecule has 3 heteroatoms. The predicted octanol–water partition coefficient (Wildman–Crippen LogP) is 1.16. The summed E-state index contributed by atoms with van der Waals surface area (Å²) < 4.78 is 5.68. The maximum Gasteiger partial charge on any atom is 0.0704 e. The standard InChI is InChI=1S/C11H23NO2/c1-9-4-5-10(14-9)6-12-7-11(2,3)8-13/h9-10,12-13H,4-8H2,1-3H3. The van der Waals surface area contributed by atoms with Gasteiger partial charge in [-0.15, -0.1) is 0 Å². The van der Waals surface area contributed by atoms with Crippen LogP contribution in [-0.2, 0) is 4.74 Å².